The fourth-order valence-electron chi connectivity index (χ4n) is 4.83. The minimum atomic E-state index is -0.394. The zero-order valence-corrected chi connectivity index (χ0v) is 17.1. The fraction of sp³-hybridized carbons (Fsp3) is 0.320. The number of fused-ring (bicyclic) bond motifs is 4. The van der Waals surface area contributed by atoms with Crippen LogP contribution in [0.3, 0.4) is 0 Å². The van der Waals surface area contributed by atoms with Crippen LogP contribution in [0.25, 0.3) is 17.0 Å². The Labute approximate surface area is 176 Å². The summed E-state index contributed by atoms with van der Waals surface area (Å²) in [6, 6.07) is 16.0. The minimum absolute atomic E-state index is 0.338. The maximum Gasteiger partial charge on any atom is 0.337 e. The molecule has 0 saturated carbocycles. The maximum atomic E-state index is 12.1. The highest BCUT2D eigenvalue weighted by Gasteiger charge is 2.36. The average Bonchev–Trinajstić information content (AvgIpc) is 3.13. The zero-order valence-electron chi connectivity index (χ0n) is 17.1. The number of hydrogen-bond acceptors (Lipinski definition) is 4. The maximum absolute atomic E-state index is 12.1. The third-order valence-electron chi connectivity index (χ3n) is 6.49. The fourth-order valence-corrected chi connectivity index (χ4v) is 4.83. The number of carbonyl (C=O) groups excluding carboxylic acids is 1. The summed E-state index contributed by atoms with van der Waals surface area (Å²) in [5.41, 5.74) is 4.81. The van der Waals surface area contributed by atoms with Crippen LogP contribution in [0.15, 0.2) is 60.4 Å². The number of aromatic nitrogens is 1. The molecule has 30 heavy (non-hydrogen) atoms. The Balaban J connectivity index is 1.61. The molecule has 154 valence electrons. The summed E-state index contributed by atoms with van der Waals surface area (Å²) >= 11 is 0. The predicted molar refractivity (Wildman–Crippen MR) is 117 cm³/mol. The number of benzene rings is 2. The highest BCUT2D eigenvalue weighted by atomic mass is 16.5. The van der Waals surface area contributed by atoms with E-state index in [1.165, 1.54) is 12.7 Å². The molecule has 1 atom stereocenters. The van der Waals surface area contributed by atoms with E-state index in [9.17, 15) is 9.90 Å². The van der Waals surface area contributed by atoms with E-state index >= 15 is 0 Å². The third kappa shape index (κ3) is 3.29. The molecule has 6 rings (SSSR count). The second-order valence-electron chi connectivity index (χ2n) is 8.26. The standard InChI is InChI=1S/C25H26N2O3/c1-30-25(29)19-7-8-21-20(14-23-24(28)18-9-11-26(23)12-10-18)16-27(22(21)13-19)15-17-5-3-2-4-6-17/h2-8,13-14,16,18,24,28H,9-12,15H2,1H3/b23-14-/t24-/m0/s1. The van der Waals surface area contributed by atoms with Gasteiger partial charge in [0.2, 0.25) is 0 Å². The summed E-state index contributed by atoms with van der Waals surface area (Å²) in [7, 11) is 1.40. The molecule has 2 aromatic carbocycles. The van der Waals surface area contributed by atoms with Crippen molar-refractivity contribution in [3.8, 4) is 0 Å². The number of aliphatic hydroxyl groups excluding tert-OH is 1. The van der Waals surface area contributed by atoms with Crippen molar-refractivity contribution in [3.63, 3.8) is 0 Å². The van der Waals surface area contributed by atoms with E-state index in [1.54, 1.807) is 0 Å². The average molecular weight is 402 g/mol. The topological polar surface area (TPSA) is 54.7 Å². The van der Waals surface area contributed by atoms with E-state index < -0.39 is 6.10 Å². The molecule has 0 radical (unpaired) electrons. The highest BCUT2D eigenvalue weighted by Crippen LogP contribution is 2.37. The Morgan fingerprint density at radius 3 is 2.63 bits per heavy atom. The van der Waals surface area contributed by atoms with E-state index in [0.29, 0.717) is 18.0 Å². The van der Waals surface area contributed by atoms with Gasteiger partial charge in [-0.15, -0.1) is 0 Å². The largest absolute Gasteiger partial charge is 0.465 e. The van der Waals surface area contributed by atoms with Crippen LogP contribution < -0.4 is 0 Å². The number of esters is 1. The van der Waals surface area contributed by atoms with Gasteiger partial charge < -0.3 is 19.3 Å². The molecule has 0 aliphatic carbocycles. The Kier molecular flexibility index (Phi) is 4.83. The molecule has 1 N–H and O–H groups in total. The molecule has 5 nitrogen and oxygen atoms in total. The van der Waals surface area contributed by atoms with Crippen LogP contribution in [0.1, 0.15) is 34.3 Å². The number of ether oxygens (including phenoxy) is 1. The molecule has 3 aromatic rings. The van der Waals surface area contributed by atoms with Crippen LogP contribution in [0.4, 0.5) is 0 Å². The van der Waals surface area contributed by atoms with Crippen molar-refractivity contribution >= 4 is 22.9 Å². The number of methoxy groups -OCH3 is 1. The molecule has 5 heteroatoms. The zero-order chi connectivity index (χ0) is 20.7. The van der Waals surface area contributed by atoms with Gasteiger partial charge in [-0.05, 0) is 42.5 Å². The van der Waals surface area contributed by atoms with Crippen LogP contribution in [0.5, 0.6) is 0 Å². The van der Waals surface area contributed by atoms with Gasteiger partial charge >= 0.3 is 5.97 Å². The lowest BCUT2D eigenvalue weighted by atomic mass is 9.83. The minimum Gasteiger partial charge on any atom is -0.465 e. The van der Waals surface area contributed by atoms with E-state index in [1.807, 2.05) is 36.4 Å². The summed E-state index contributed by atoms with van der Waals surface area (Å²) in [5.74, 6) is 0.0280. The molecule has 1 aromatic heterocycles. The van der Waals surface area contributed by atoms with Gasteiger partial charge in [-0.2, -0.15) is 0 Å². The quantitative estimate of drug-likeness (QED) is 0.673. The number of piperidine rings is 3. The molecular weight excluding hydrogens is 376 g/mol. The monoisotopic (exact) mass is 402 g/mol. The van der Waals surface area contributed by atoms with Gasteiger partial charge in [-0.25, -0.2) is 4.79 Å². The van der Waals surface area contributed by atoms with Crippen molar-refractivity contribution in [3.05, 3.63) is 77.1 Å². The number of hydrogen-bond donors (Lipinski definition) is 1. The SMILES string of the molecule is COC(=O)c1ccc2c(/C=C3/[C@@H](O)C4CCN3CC4)cn(Cc3ccccc3)c2c1. The van der Waals surface area contributed by atoms with Crippen molar-refractivity contribution in [1.82, 2.24) is 9.47 Å². The molecule has 4 heterocycles. The van der Waals surface area contributed by atoms with Gasteiger partial charge in [0.25, 0.3) is 0 Å². The first kappa shape index (κ1) is 18.9. The molecule has 2 bridgehead atoms. The summed E-state index contributed by atoms with van der Waals surface area (Å²) in [6.07, 6.45) is 6.00. The van der Waals surface area contributed by atoms with Crippen molar-refractivity contribution in [1.29, 1.82) is 0 Å². The van der Waals surface area contributed by atoms with Crippen LogP contribution >= 0.6 is 0 Å². The Morgan fingerprint density at radius 2 is 1.93 bits per heavy atom. The molecule has 3 aliphatic rings. The van der Waals surface area contributed by atoms with E-state index in [4.69, 9.17) is 4.74 Å². The Bertz CT molecular complexity index is 1100. The summed E-state index contributed by atoms with van der Waals surface area (Å²) in [6.45, 7) is 2.74. The first-order chi connectivity index (χ1) is 14.6. The molecule has 3 saturated heterocycles. The number of carbonyl (C=O) groups is 1. The highest BCUT2D eigenvalue weighted by molar-refractivity contribution is 5.97. The smallest absolute Gasteiger partial charge is 0.337 e. The lowest BCUT2D eigenvalue weighted by Crippen LogP contribution is -2.48. The summed E-state index contributed by atoms with van der Waals surface area (Å²) in [5, 5.41) is 11.9. The third-order valence-corrected chi connectivity index (χ3v) is 6.49. The Morgan fingerprint density at radius 1 is 1.17 bits per heavy atom. The first-order valence-electron chi connectivity index (χ1n) is 10.5. The van der Waals surface area contributed by atoms with Crippen molar-refractivity contribution in [2.45, 2.75) is 25.5 Å². The number of aliphatic hydroxyl groups is 1. The molecular formula is C25H26N2O3. The van der Waals surface area contributed by atoms with Gasteiger partial charge in [-0.1, -0.05) is 36.4 Å². The lowest BCUT2D eigenvalue weighted by molar-refractivity contribution is 0.0215. The van der Waals surface area contributed by atoms with Crippen molar-refractivity contribution in [2.24, 2.45) is 5.92 Å². The second-order valence-corrected chi connectivity index (χ2v) is 8.26. The van der Waals surface area contributed by atoms with Gasteiger partial charge in [0.15, 0.2) is 0 Å². The van der Waals surface area contributed by atoms with Crippen LogP contribution in [-0.4, -0.2) is 46.8 Å². The predicted octanol–water partition coefficient (Wildman–Crippen LogP) is 3.90. The van der Waals surface area contributed by atoms with Gasteiger partial charge in [-0.3, -0.25) is 0 Å². The van der Waals surface area contributed by atoms with Crippen LogP contribution in [-0.2, 0) is 11.3 Å². The van der Waals surface area contributed by atoms with E-state index in [2.05, 4.69) is 33.9 Å². The number of nitrogens with zero attached hydrogens (tertiary/aromatic N) is 2. The van der Waals surface area contributed by atoms with Crippen molar-refractivity contribution in [2.75, 3.05) is 20.2 Å². The molecule has 3 fully saturated rings. The summed E-state index contributed by atoms with van der Waals surface area (Å²) < 4.78 is 7.09. The van der Waals surface area contributed by atoms with Crippen LogP contribution in [0.2, 0.25) is 0 Å². The van der Waals surface area contributed by atoms with Gasteiger partial charge in [0.05, 0.1) is 18.8 Å². The number of rotatable bonds is 4. The second kappa shape index (κ2) is 7.65. The first-order valence-corrected chi connectivity index (χ1v) is 10.5. The Hall–Kier alpha value is -3.05. The molecule has 3 aliphatic heterocycles. The normalized spacial score (nSPS) is 22.1. The van der Waals surface area contributed by atoms with Gasteiger partial charge in [0.1, 0.15) is 0 Å². The van der Waals surface area contributed by atoms with E-state index in [-0.39, 0.29) is 5.97 Å². The van der Waals surface area contributed by atoms with Crippen LogP contribution in [0, 0.1) is 5.92 Å². The lowest BCUT2D eigenvalue weighted by Gasteiger charge is -2.45. The molecule has 0 spiro atoms. The summed E-state index contributed by atoms with van der Waals surface area (Å²) in [4.78, 5) is 14.4. The van der Waals surface area contributed by atoms with Crippen molar-refractivity contribution < 1.29 is 14.6 Å². The molecule has 0 unspecified atom stereocenters. The molecule has 0 amide bonds. The van der Waals surface area contributed by atoms with Gasteiger partial charge in [0, 0.05) is 48.0 Å². The van der Waals surface area contributed by atoms with E-state index in [0.717, 1.165) is 48.1 Å².